The predicted molar refractivity (Wildman–Crippen MR) is 78.5 cm³/mol. The summed E-state index contributed by atoms with van der Waals surface area (Å²) in [5.41, 5.74) is 8.10. The first-order chi connectivity index (χ1) is 9.15. The third-order valence-corrected chi connectivity index (χ3v) is 2.85. The molecule has 1 atom stereocenters. The van der Waals surface area contributed by atoms with Gasteiger partial charge in [0.2, 0.25) is 5.91 Å². The largest absolute Gasteiger partial charge is 0.399 e. The number of carbonyl (C=O) groups excluding carboxylic acids is 1. The van der Waals surface area contributed by atoms with Crippen molar-refractivity contribution in [3.63, 3.8) is 0 Å². The van der Waals surface area contributed by atoms with Gasteiger partial charge in [0.1, 0.15) is 0 Å². The summed E-state index contributed by atoms with van der Waals surface area (Å²) in [7, 11) is 0. The SMILES string of the molecule is [CH2][C@@H](Cc1ccccc1)C(=O)Nc1cccc(N)c1. The number of hydrogen-bond donors (Lipinski definition) is 2. The summed E-state index contributed by atoms with van der Waals surface area (Å²) in [4.78, 5) is 12.0. The molecule has 1 amide bonds. The Kier molecular flexibility index (Phi) is 4.18. The molecule has 0 bridgehead atoms. The molecule has 0 spiro atoms. The quantitative estimate of drug-likeness (QED) is 0.823. The average Bonchev–Trinajstić information content (AvgIpc) is 2.40. The highest BCUT2D eigenvalue weighted by Gasteiger charge is 2.13. The summed E-state index contributed by atoms with van der Waals surface area (Å²) in [6, 6.07) is 17.0. The van der Waals surface area contributed by atoms with E-state index >= 15 is 0 Å². The van der Waals surface area contributed by atoms with E-state index in [1.165, 1.54) is 0 Å². The molecule has 0 aromatic heterocycles. The summed E-state index contributed by atoms with van der Waals surface area (Å²) < 4.78 is 0. The lowest BCUT2D eigenvalue weighted by molar-refractivity contribution is -0.118. The molecule has 2 rings (SSSR count). The number of carbonyl (C=O) groups is 1. The number of nitrogens with two attached hydrogens (primary N) is 1. The standard InChI is InChI=1S/C16H17N2O/c1-12(10-13-6-3-2-4-7-13)16(19)18-15-9-5-8-14(17)11-15/h2-9,11-12H,1,10,17H2,(H,18,19)/t12-/m0/s1. The summed E-state index contributed by atoms with van der Waals surface area (Å²) in [5, 5.41) is 2.82. The molecule has 0 heterocycles. The van der Waals surface area contributed by atoms with Gasteiger partial charge < -0.3 is 11.1 Å². The van der Waals surface area contributed by atoms with Crippen molar-refractivity contribution < 1.29 is 4.79 Å². The molecule has 2 aromatic carbocycles. The van der Waals surface area contributed by atoms with Crippen molar-refractivity contribution in [3.8, 4) is 0 Å². The summed E-state index contributed by atoms with van der Waals surface area (Å²) in [6.45, 7) is 3.91. The molecule has 0 aliphatic rings. The second-order valence-corrected chi connectivity index (χ2v) is 4.50. The summed E-state index contributed by atoms with van der Waals surface area (Å²) >= 11 is 0. The highest BCUT2D eigenvalue weighted by molar-refractivity contribution is 5.93. The van der Waals surface area contributed by atoms with Crippen LogP contribution in [0.5, 0.6) is 0 Å². The number of nitrogen functional groups attached to an aromatic ring is 1. The number of anilines is 2. The van der Waals surface area contributed by atoms with Gasteiger partial charge in [0, 0.05) is 17.3 Å². The van der Waals surface area contributed by atoms with Crippen molar-refractivity contribution in [2.24, 2.45) is 5.92 Å². The smallest absolute Gasteiger partial charge is 0.227 e. The molecule has 0 saturated heterocycles. The minimum atomic E-state index is -0.330. The van der Waals surface area contributed by atoms with Crippen LogP contribution in [0.2, 0.25) is 0 Å². The molecule has 3 nitrogen and oxygen atoms in total. The van der Waals surface area contributed by atoms with Gasteiger partial charge in [-0.1, -0.05) is 36.4 Å². The van der Waals surface area contributed by atoms with Crippen molar-refractivity contribution in [1.29, 1.82) is 0 Å². The molecule has 97 valence electrons. The van der Waals surface area contributed by atoms with E-state index in [1.54, 1.807) is 18.2 Å². The first kappa shape index (κ1) is 13.1. The van der Waals surface area contributed by atoms with E-state index in [4.69, 9.17) is 5.73 Å². The van der Waals surface area contributed by atoms with Crippen molar-refractivity contribution in [1.82, 2.24) is 0 Å². The van der Waals surface area contributed by atoms with Gasteiger partial charge in [-0.15, -0.1) is 0 Å². The van der Waals surface area contributed by atoms with E-state index in [9.17, 15) is 4.79 Å². The van der Waals surface area contributed by atoms with Crippen LogP contribution in [0.4, 0.5) is 11.4 Å². The minimum Gasteiger partial charge on any atom is -0.399 e. The van der Waals surface area contributed by atoms with Gasteiger partial charge in [-0.05, 0) is 37.1 Å². The fraction of sp³-hybridized carbons (Fsp3) is 0.125. The molecule has 3 heteroatoms. The summed E-state index contributed by atoms with van der Waals surface area (Å²) in [6.07, 6.45) is 0.620. The van der Waals surface area contributed by atoms with Gasteiger partial charge in [0.05, 0.1) is 0 Å². The molecule has 0 unspecified atom stereocenters. The highest BCUT2D eigenvalue weighted by atomic mass is 16.1. The Morgan fingerprint density at radius 3 is 2.58 bits per heavy atom. The highest BCUT2D eigenvalue weighted by Crippen LogP contribution is 2.14. The molecule has 0 saturated carbocycles. The van der Waals surface area contributed by atoms with Gasteiger partial charge in [-0.3, -0.25) is 4.79 Å². The van der Waals surface area contributed by atoms with Gasteiger partial charge in [-0.25, -0.2) is 0 Å². The molecule has 0 aliphatic carbocycles. The summed E-state index contributed by atoms with van der Waals surface area (Å²) in [5.74, 6) is -0.432. The van der Waals surface area contributed by atoms with Crippen LogP contribution in [0, 0.1) is 12.8 Å². The average molecular weight is 253 g/mol. The van der Waals surface area contributed by atoms with Crippen LogP contribution in [-0.2, 0) is 11.2 Å². The predicted octanol–water partition coefficient (Wildman–Crippen LogP) is 2.90. The normalized spacial score (nSPS) is 11.8. The Balaban J connectivity index is 1.96. The molecular weight excluding hydrogens is 236 g/mol. The number of hydrogen-bond acceptors (Lipinski definition) is 2. The van der Waals surface area contributed by atoms with Crippen LogP contribution in [0.15, 0.2) is 54.6 Å². The van der Waals surface area contributed by atoms with Crippen LogP contribution in [-0.4, -0.2) is 5.91 Å². The van der Waals surface area contributed by atoms with Gasteiger partial charge in [0.15, 0.2) is 0 Å². The third kappa shape index (κ3) is 3.85. The Labute approximate surface area is 113 Å². The van der Waals surface area contributed by atoms with E-state index in [0.29, 0.717) is 17.8 Å². The van der Waals surface area contributed by atoms with Gasteiger partial charge in [0.25, 0.3) is 0 Å². The fourth-order valence-electron chi connectivity index (χ4n) is 1.85. The van der Waals surface area contributed by atoms with Gasteiger partial charge in [-0.2, -0.15) is 0 Å². The zero-order chi connectivity index (χ0) is 13.7. The maximum absolute atomic E-state index is 12.0. The van der Waals surface area contributed by atoms with Gasteiger partial charge >= 0.3 is 0 Å². The van der Waals surface area contributed by atoms with Crippen LogP contribution in [0.25, 0.3) is 0 Å². The van der Waals surface area contributed by atoms with E-state index in [0.717, 1.165) is 5.56 Å². The molecule has 3 N–H and O–H groups in total. The Hall–Kier alpha value is -2.29. The van der Waals surface area contributed by atoms with Crippen molar-refractivity contribution in [3.05, 3.63) is 67.1 Å². The topological polar surface area (TPSA) is 55.1 Å². The molecule has 19 heavy (non-hydrogen) atoms. The van der Waals surface area contributed by atoms with Crippen LogP contribution in [0.3, 0.4) is 0 Å². The molecule has 2 aromatic rings. The monoisotopic (exact) mass is 253 g/mol. The van der Waals surface area contributed by atoms with Crippen molar-refractivity contribution >= 4 is 17.3 Å². The van der Waals surface area contributed by atoms with Crippen LogP contribution < -0.4 is 11.1 Å². The number of nitrogens with one attached hydrogen (secondary N) is 1. The zero-order valence-corrected chi connectivity index (χ0v) is 10.7. The van der Waals surface area contributed by atoms with Crippen LogP contribution >= 0.6 is 0 Å². The lowest BCUT2D eigenvalue weighted by Gasteiger charge is -2.12. The zero-order valence-electron chi connectivity index (χ0n) is 10.7. The van der Waals surface area contributed by atoms with Crippen LogP contribution in [0.1, 0.15) is 5.56 Å². The number of amides is 1. The lowest BCUT2D eigenvalue weighted by Crippen LogP contribution is -2.22. The Morgan fingerprint density at radius 1 is 1.16 bits per heavy atom. The van der Waals surface area contributed by atoms with E-state index < -0.39 is 0 Å². The maximum Gasteiger partial charge on any atom is 0.227 e. The Bertz CT molecular complexity index is 552. The van der Waals surface area contributed by atoms with Crippen molar-refractivity contribution in [2.45, 2.75) is 6.42 Å². The van der Waals surface area contributed by atoms with E-state index in [-0.39, 0.29) is 11.8 Å². The molecule has 0 aliphatic heterocycles. The molecular formula is C16H17N2O. The second-order valence-electron chi connectivity index (χ2n) is 4.50. The third-order valence-electron chi connectivity index (χ3n) is 2.85. The van der Waals surface area contributed by atoms with Crippen molar-refractivity contribution in [2.75, 3.05) is 11.1 Å². The van der Waals surface area contributed by atoms with E-state index in [2.05, 4.69) is 12.2 Å². The Morgan fingerprint density at radius 2 is 1.89 bits per heavy atom. The fourth-order valence-corrected chi connectivity index (χ4v) is 1.85. The first-order valence-electron chi connectivity index (χ1n) is 6.18. The second kappa shape index (κ2) is 6.05. The number of benzene rings is 2. The van der Waals surface area contributed by atoms with E-state index in [1.807, 2.05) is 36.4 Å². The maximum atomic E-state index is 12.0. The first-order valence-corrected chi connectivity index (χ1v) is 6.18. The minimum absolute atomic E-state index is 0.102. The molecule has 1 radical (unpaired) electrons. The lowest BCUT2D eigenvalue weighted by atomic mass is 10.0. The number of rotatable bonds is 4. The molecule has 0 fully saturated rings.